The molecule has 0 saturated heterocycles. The van der Waals surface area contributed by atoms with E-state index in [0.29, 0.717) is 22.0 Å². The minimum absolute atomic E-state index is 0.00400. The summed E-state index contributed by atoms with van der Waals surface area (Å²) in [6, 6.07) is 19.3. The zero-order valence-electron chi connectivity index (χ0n) is 23.5. The van der Waals surface area contributed by atoms with Gasteiger partial charge in [0.2, 0.25) is 11.8 Å². The zero-order chi connectivity index (χ0) is 29.6. The van der Waals surface area contributed by atoms with Crippen molar-refractivity contribution in [3.05, 3.63) is 88.9 Å². The highest BCUT2D eigenvalue weighted by atomic mass is 35.5. The minimum atomic E-state index is -4.16. The van der Waals surface area contributed by atoms with Crippen molar-refractivity contribution in [1.29, 1.82) is 0 Å². The van der Waals surface area contributed by atoms with Gasteiger partial charge in [0, 0.05) is 17.6 Å². The number of nitrogens with one attached hydrogen (secondary N) is 1. The summed E-state index contributed by atoms with van der Waals surface area (Å²) in [6.07, 6.45) is 3.92. The molecule has 0 aromatic heterocycles. The van der Waals surface area contributed by atoms with Gasteiger partial charge in [-0.2, -0.15) is 0 Å². The van der Waals surface area contributed by atoms with Gasteiger partial charge in [0.1, 0.15) is 18.3 Å². The van der Waals surface area contributed by atoms with Gasteiger partial charge in [-0.3, -0.25) is 13.9 Å². The number of methoxy groups -OCH3 is 1. The SMILES string of the molecule is COc1cccc(CN(C(=O)CN(c2ccccc2C)S(=O)(=O)c2ccc(Cl)cc2)[C@@H](C)C(=O)NC2CCCC2)c1. The Morgan fingerprint density at radius 3 is 2.37 bits per heavy atom. The molecular weight excluding hydrogens is 562 g/mol. The van der Waals surface area contributed by atoms with E-state index in [4.69, 9.17) is 16.3 Å². The topological polar surface area (TPSA) is 96.0 Å². The maximum atomic E-state index is 14.1. The quantitative estimate of drug-likeness (QED) is 0.322. The summed E-state index contributed by atoms with van der Waals surface area (Å²) in [6.45, 7) is 3.06. The van der Waals surface area contributed by atoms with Crippen molar-refractivity contribution in [2.24, 2.45) is 0 Å². The number of benzene rings is 3. The number of aryl methyl sites for hydroxylation is 1. The number of para-hydroxylation sites is 1. The summed E-state index contributed by atoms with van der Waals surface area (Å²) in [7, 11) is -2.61. The molecule has 218 valence electrons. The van der Waals surface area contributed by atoms with Crippen molar-refractivity contribution < 1.29 is 22.7 Å². The van der Waals surface area contributed by atoms with Gasteiger partial charge in [-0.15, -0.1) is 0 Å². The lowest BCUT2D eigenvalue weighted by molar-refractivity contribution is -0.139. The fraction of sp³-hybridized carbons (Fsp3) is 0.355. The molecule has 0 unspecified atom stereocenters. The van der Waals surface area contributed by atoms with Crippen LogP contribution in [-0.2, 0) is 26.2 Å². The Bertz CT molecular complexity index is 1470. The summed E-state index contributed by atoms with van der Waals surface area (Å²) in [5, 5.41) is 3.47. The Hall–Kier alpha value is -3.56. The fourth-order valence-electron chi connectivity index (χ4n) is 5.03. The van der Waals surface area contributed by atoms with E-state index in [1.54, 1.807) is 57.4 Å². The third-order valence-electron chi connectivity index (χ3n) is 7.42. The van der Waals surface area contributed by atoms with E-state index in [1.807, 2.05) is 12.1 Å². The number of carbonyl (C=O) groups is 2. The zero-order valence-corrected chi connectivity index (χ0v) is 25.1. The third-order valence-corrected chi connectivity index (χ3v) is 9.45. The molecule has 4 rings (SSSR count). The first-order chi connectivity index (χ1) is 19.6. The Labute approximate surface area is 247 Å². The molecule has 3 aromatic carbocycles. The number of amides is 2. The number of halogens is 1. The number of nitrogens with zero attached hydrogens (tertiary/aromatic N) is 2. The molecule has 1 fully saturated rings. The van der Waals surface area contributed by atoms with Crippen LogP contribution >= 0.6 is 11.6 Å². The summed E-state index contributed by atoms with van der Waals surface area (Å²) in [5.74, 6) is -0.163. The van der Waals surface area contributed by atoms with E-state index in [0.717, 1.165) is 35.6 Å². The number of anilines is 1. The average molecular weight is 598 g/mol. The Balaban J connectivity index is 1.70. The van der Waals surface area contributed by atoms with E-state index in [1.165, 1.54) is 29.2 Å². The van der Waals surface area contributed by atoms with Gasteiger partial charge in [0.15, 0.2) is 0 Å². The molecule has 0 spiro atoms. The van der Waals surface area contributed by atoms with Crippen molar-refractivity contribution in [3.63, 3.8) is 0 Å². The first-order valence-corrected chi connectivity index (χ1v) is 15.5. The third kappa shape index (κ3) is 7.40. The molecule has 2 amide bonds. The Morgan fingerprint density at radius 2 is 1.71 bits per heavy atom. The lowest BCUT2D eigenvalue weighted by Crippen LogP contribution is -2.52. The van der Waals surface area contributed by atoms with Crippen LogP contribution in [0.25, 0.3) is 0 Å². The van der Waals surface area contributed by atoms with Gasteiger partial charge >= 0.3 is 0 Å². The summed E-state index contributed by atoms with van der Waals surface area (Å²) >= 11 is 6.02. The van der Waals surface area contributed by atoms with Crippen LogP contribution in [0.5, 0.6) is 5.75 Å². The Kier molecular flexibility index (Phi) is 9.94. The molecule has 10 heteroatoms. The molecule has 1 aliphatic carbocycles. The monoisotopic (exact) mass is 597 g/mol. The number of ether oxygens (including phenoxy) is 1. The average Bonchev–Trinajstić information content (AvgIpc) is 3.48. The van der Waals surface area contributed by atoms with Gasteiger partial charge in [0.25, 0.3) is 10.0 Å². The highest BCUT2D eigenvalue weighted by Crippen LogP contribution is 2.28. The maximum absolute atomic E-state index is 14.1. The van der Waals surface area contributed by atoms with E-state index < -0.39 is 28.5 Å². The molecule has 41 heavy (non-hydrogen) atoms. The Morgan fingerprint density at radius 1 is 1.02 bits per heavy atom. The van der Waals surface area contributed by atoms with Gasteiger partial charge < -0.3 is 15.0 Å². The van der Waals surface area contributed by atoms with Crippen LogP contribution in [0.15, 0.2) is 77.7 Å². The molecule has 1 atom stereocenters. The predicted octanol–water partition coefficient (Wildman–Crippen LogP) is 5.33. The molecule has 1 saturated carbocycles. The molecule has 3 aromatic rings. The smallest absolute Gasteiger partial charge is 0.264 e. The van der Waals surface area contributed by atoms with Gasteiger partial charge in [-0.1, -0.05) is 54.8 Å². The second kappa shape index (κ2) is 13.4. The van der Waals surface area contributed by atoms with Crippen molar-refractivity contribution in [3.8, 4) is 5.75 Å². The number of hydrogen-bond acceptors (Lipinski definition) is 5. The van der Waals surface area contributed by atoms with E-state index in [2.05, 4.69) is 5.32 Å². The van der Waals surface area contributed by atoms with Gasteiger partial charge in [-0.25, -0.2) is 8.42 Å². The first-order valence-electron chi connectivity index (χ1n) is 13.7. The summed E-state index contributed by atoms with van der Waals surface area (Å²) in [4.78, 5) is 28.9. The number of sulfonamides is 1. The number of hydrogen-bond donors (Lipinski definition) is 1. The predicted molar refractivity (Wildman–Crippen MR) is 161 cm³/mol. The van der Waals surface area contributed by atoms with Crippen molar-refractivity contribution >= 4 is 39.1 Å². The minimum Gasteiger partial charge on any atom is -0.497 e. The molecule has 8 nitrogen and oxygen atoms in total. The van der Waals surface area contributed by atoms with Crippen LogP contribution in [0.3, 0.4) is 0 Å². The van der Waals surface area contributed by atoms with Crippen LogP contribution < -0.4 is 14.4 Å². The van der Waals surface area contributed by atoms with E-state index in [-0.39, 0.29) is 23.4 Å². The molecule has 0 aliphatic heterocycles. The molecule has 0 radical (unpaired) electrons. The normalized spacial score (nSPS) is 14.3. The van der Waals surface area contributed by atoms with E-state index >= 15 is 0 Å². The molecular formula is C31H36ClN3O5S. The summed E-state index contributed by atoms with van der Waals surface area (Å²) in [5.41, 5.74) is 1.81. The highest BCUT2D eigenvalue weighted by molar-refractivity contribution is 7.92. The van der Waals surface area contributed by atoms with Gasteiger partial charge in [0.05, 0.1) is 17.7 Å². The second-order valence-corrected chi connectivity index (χ2v) is 12.6. The molecule has 0 bridgehead atoms. The lowest BCUT2D eigenvalue weighted by atomic mass is 10.1. The van der Waals surface area contributed by atoms with Gasteiger partial charge in [-0.05, 0) is 80.3 Å². The molecule has 1 aliphatic rings. The van der Waals surface area contributed by atoms with E-state index in [9.17, 15) is 18.0 Å². The number of rotatable bonds is 11. The molecule has 1 N–H and O–H groups in total. The lowest BCUT2D eigenvalue weighted by Gasteiger charge is -2.33. The molecule has 0 heterocycles. The van der Waals surface area contributed by atoms with Crippen LogP contribution in [0.4, 0.5) is 5.69 Å². The standard InChI is InChI=1S/C31H36ClN3O5S/c1-22-9-4-7-14-29(22)35(41(38,39)28-17-15-25(32)16-18-28)21-30(36)34(20-24-10-8-13-27(19-24)40-3)23(2)31(37)33-26-11-5-6-12-26/h4,7-10,13-19,23,26H,5-6,11-12,20-21H2,1-3H3,(H,33,37)/t23-/m0/s1. The van der Waals surface area contributed by atoms with Crippen LogP contribution in [0, 0.1) is 6.92 Å². The van der Waals surface area contributed by atoms with Crippen LogP contribution in [0.1, 0.15) is 43.7 Å². The van der Waals surface area contributed by atoms with Crippen molar-refractivity contribution in [2.45, 2.75) is 63.1 Å². The first kappa shape index (κ1) is 30.4. The highest BCUT2D eigenvalue weighted by Gasteiger charge is 2.33. The van der Waals surface area contributed by atoms with Crippen molar-refractivity contribution in [1.82, 2.24) is 10.2 Å². The maximum Gasteiger partial charge on any atom is 0.264 e. The van der Waals surface area contributed by atoms with Crippen LogP contribution in [0.2, 0.25) is 5.02 Å². The van der Waals surface area contributed by atoms with Crippen molar-refractivity contribution in [2.75, 3.05) is 18.0 Å². The van der Waals surface area contributed by atoms with Crippen LogP contribution in [-0.4, -0.2) is 50.9 Å². The summed E-state index contributed by atoms with van der Waals surface area (Å²) < 4.78 is 34.3. The largest absolute Gasteiger partial charge is 0.497 e. The fourth-order valence-corrected chi connectivity index (χ4v) is 6.64. The number of carbonyl (C=O) groups excluding carboxylic acids is 2. The second-order valence-electron chi connectivity index (χ2n) is 10.3.